The Morgan fingerprint density at radius 1 is 1.15 bits per heavy atom. The van der Waals surface area contributed by atoms with Crippen LogP contribution in [-0.4, -0.2) is 42.1 Å². The lowest BCUT2D eigenvalue weighted by Gasteiger charge is -2.05. The normalized spacial score (nSPS) is 14.3. The molecule has 0 spiro atoms. The van der Waals surface area contributed by atoms with Gasteiger partial charge in [0.15, 0.2) is 6.17 Å². The molecule has 3 nitrogen and oxygen atoms in total. The van der Waals surface area contributed by atoms with Crippen molar-refractivity contribution < 1.29 is 41.0 Å². The minimum atomic E-state index is -4.88. The van der Waals surface area contributed by atoms with E-state index in [1.165, 1.54) is 13.8 Å². The van der Waals surface area contributed by atoms with E-state index < -0.39 is 55.7 Å². The Labute approximate surface area is 112 Å². The molecule has 1 N–H and O–H groups in total. The van der Waals surface area contributed by atoms with E-state index in [1.807, 2.05) is 0 Å². The average Bonchev–Trinajstić information content (AvgIpc) is 2.28. The summed E-state index contributed by atoms with van der Waals surface area (Å²) < 4.78 is 68.8. The zero-order valence-corrected chi connectivity index (χ0v) is 10.9. The van der Waals surface area contributed by atoms with Crippen molar-refractivity contribution in [2.24, 2.45) is 5.92 Å². The van der Waals surface area contributed by atoms with Gasteiger partial charge in [-0.1, -0.05) is 13.8 Å². The van der Waals surface area contributed by atoms with E-state index in [0.717, 1.165) is 0 Å². The maximum absolute atomic E-state index is 11.7. The topological polar surface area (TPSA) is 54.4 Å². The second kappa shape index (κ2) is 9.73. The van der Waals surface area contributed by atoms with Crippen molar-refractivity contribution in [3.05, 3.63) is 0 Å². The van der Waals surface area contributed by atoms with Gasteiger partial charge in [-0.25, -0.2) is 8.78 Å². The largest absolute Gasteiger partial charge is 0.450 e. The summed E-state index contributed by atoms with van der Waals surface area (Å²) in [5.41, 5.74) is 0. The summed E-state index contributed by atoms with van der Waals surface area (Å²) in [7, 11) is 0. The van der Waals surface area contributed by atoms with Gasteiger partial charge in [-0.2, -0.15) is 13.2 Å². The van der Waals surface area contributed by atoms with Crippen molar-refractivity contribution in [1.82, 2.24) is 0 Å². The lowest BCUT2D eigenvalue weighted by atomic mass is 10.0. The van der Waals surface area contributed by atoms with Gasteiger partial charge in [-0.3, -0.25) is 14.0 Å². The first kappa shape index (κ1) is 21.2. The molecule has 2 unspecified atom stereocenters. The summed E-state index contributed by atoms with van der Waals surface area (Å²) in [5.74, 6) is -3.19. The fourth-order valence-electron chi connectivity index (χ4n) is 0.704. The molecule has 0 aliphatic rings. The fourth-order valence-corrected chi connectivity index (χ4v) is 0.704. The molecule has 0 aromatic rings. The number of Topliss-reactive ketones (excluding diaryl/α,β-unsaturated/α-hetero) is 2. The highest BCUT2D eigenvalue weighted by atomic mass is 19.4. The SMILES string of the molecule is CC(C)C(=O)CC(=O)C(F)(F)F.OC(F)C(F)CCF. The predicted molar refractivity (Wildman–Crippen MR) is 58.1 cm³/mol. The first-order valence-electron chi connectivity index (χ1n) is 5.58. The van der Waals surface area contributed by atoms with Crippen molar-refractivity contribution in [2.45, 2.75) is 45.4 Å². The molecule has 120 valence electrons. The van der Waals surface area contributed by atoms with Gasteiger partial charge >= 0.3 is 6.18 Å². The highest BCUT2D eigenvalue weighted by Gasteiger charge is 2.39. The fraction of sp³-hybridized carbons (Fsp3) is 0.818. The molecule has 0 rings (SSSR count). The van der Waals surface area contributed by atoms with Crippen molar-refractivity contribution in [3.63, 3.8) is 0 Å². The van der Waals surface area contributed by atoms with E-state index in [0.29, 0.717) is 0 Å². The number of ketones is 2. The number of aliphatic hydroxyl groups excluding tert-OH is 1. The van der Waals surface area contributed by atoms with Crippen LogP contribution >= 0.6 is 0 Å². The summed E-state index contributed by atoms with van der Waals surface area (Å²) in [4.78, 5) is 20.9. The Hall–Kier alpha value is -1.12. The van der Waals surface area contributed by atoms with Gasteiger partial charge in [-0.15, -0.1) is 0 Å². The van der Waals surface area contributed by atoms with Crippen molar-refractivity contribution in [2.75, 3.05) is 6.67 Å². The number of halogens is 6. The summed E-state index contributed by atoms with van der Waals surface area (Å²) >= 11 is 0. The Kier molecular flexibility index (Phi) is 10.3. The molecule has 0 heterocycles. The minimum absolute atomic E-state index is 0.531. The van der Waals surface area contributed by atoms with Crippen LogP contribution in [0, 0.1) is 5.92 Å². The number of aliphatic hydroxyl groups is 1. The predicted octanol–water partition coefficient (Wildman–Crippen LogP) is 2.71. The first-order valence-corrected chi connectivity index (χ1v) is 5.58. The second-order valence-electron chi connectivity index (χ2n) is 4.09. The van der Waals surface area contributed by atoms with Crippen LogP contribution in [0.25, 0.3) is 0 Å². The number of hydrogen-bond acceptors (Lipinski definition) is 3. The van der Waals surface area contributed by atoms with Crippen LogP contribution < -0.4 is 0 Å². The lowest BCUT2D eigenvalue weighted by Crippen LogP contribution is -2.26. The summed E-state index contributed by atoms with van der Waals surface area (Å²) in [6.45, 7) is 1.96. The van der Waals surface area contributed by atoms with Gasteiger partial charge in [0.25, 0.3) is 0 Å². The Morgan fingerprint density at radius 3 is 1.80 bits per heavy atom. The second-order valence-corrected chi connectivity index (χ2v) is 4.09. The molecule has 0 aromatic carbocycles. The molecule has 2 atom stereocenters. The first-order chi connectivity index (χ1) is 8.93. The zero-order valence-electron chi connectivity index (χ0n) is 10.9. The molecule has 0 aromatic heterocycles. The molecular weight excluding hydrogens is 294 g/mol. The smallest absolute Gasteiger partial charge is 0.362 e. The van der Waals surface area contributed by atoms with Gasteiger partial charge in [0.1, 0.15) is 5.78 Å². The monoisotopic (exact) mass is 310 g/mol. The third-order valence-corrected chi connectivity index (χ3v) is 1.98. The molecule has 0 fully saturated rings. The van der Waals surface area contributed by atoms with Crippen LogP contribution in [-0.2, 0) is 9.59 Å². The lowest BCUT2D eigenvalue weighted by molar-refractivity contribution is -0.172. The van der Waals surface area contributed by atoms with Crippen LogP contribution in [0.3, 0.4) is 0 Å². The third-order valence-electron chi connectivity index (χ3n) is 1.98. The number of rotatable bonds is 6. The molecule has 0 aliphatic heterocycles. The number of hydrogen-bond donors (Lipinski definition) is 1. The van der Waals surface area contributed by atoms with E-state index in [1.54, 1.807) is 0 Å². The van der Waals surface area contributed by atoms with E-state index in [-0.39, 0.29) is 0 Å². The molecule has 0 radical (unpaired) electrons. The van der Waals surface area contributed by atoms with E-state index >= 15 is 0 Å². The van der Waals surface area contributed by atoms with Crippen LogP contribution in [0.15, 0.2) is 0 Å². The Bertz CT molecular complexity index is 301. The molecule has 20 heavy (non-hydrogen) atoms. The van der Waals surface area contributed by atoms with Crippen LogP contribution in [0.2, 0.25) is 0 Å². The van der Waals surface area contributed by atoms with E-state index in [4.69, 9.17) is 5.11 Å². The Balaban J connectivity index is 0. The summed E-state index contributed by atoms with van der Waals surface area (Å²) in [6.07, 6.45) is -11.1. The average molecular weight is 310 g/mol. The van der Waals surface area contributed by atoms with Crippen molar-refractivity contribution in [3.8, 4) is 0 Å². The summed E-state index contributed by atoms with van der Waals surface area (Å²) in [5, 5.41) is 7.74. The van der Waals surface area contributed by atoms with Gasteiger partial charge in [0.2, 0.25) is 12.1 Å². The van der Waals surface area contributed by atoms with Gasteiger partial charge in [0, 0.05) is 12.3 Å². The maximum atomic E-state index is 11.7. The van der Waals surface area contributed by atoms with Crippen LogP contribution in [0.1, 0.15) is 26.7 Å². The number of alkyl halides is 6. The van der Waals surface area contributed by atoms with Crippen molar-refractivity contribution in [1.29, 1.82) is 0 Å². The highest BCUT2D eigenvalue weighted by molar-refractivity contribution is 6.02. The number of carbonyl (C=O) groups is 2. The minimum Gasteiger partial charge on any atom is -0.362 e. The molecule has 0 bridgehead atoms. The van der Waals surface area contributed by atoms with Crippen molar-refractivity contribution >= 4 is 11.6 Å². The standard InChI is InChI=1S/C7H9F3O2.C4H7F3O/c1-4(2)5(11)3-6(12)7(8,9)10;5-2-1-3(6)4(7)8/h4H,3H2,1-2H3;3-4,8H,1-2H2. The van der Waals surface area contributed by atoms with Crippen LogP contribution in [0.5, 0.6) is 0 Å². The molecule has 0 saturated carbocycles. The molecule has 0 amide bonds. The van der Waals surface area contributed by atoms with E-state index in [2.05, 4.69) is 0 Å². The van der Waals surface area contributed by atoms with E-state index in [9.17, 15) is 35.9 Å². The molecule has 9 heteroatoms. The molecule has 0 saturated heterocycles. The van der Waals surface area contributed by atoms with Crippen LogP contribution in [0.4, 0.5) is 26.3 Å². The molecular formula is C11H16F6O3. The molecule has 0 aliphatic carbocycles. The number of carbonyl (C=O) groups excluding carboxylic acids is 2. The van der Waals surface area contributed by atoms with Gasteiger partial charge < -0.3 is 5.11 Å². The summed E-state index contributed by atoms with van der Waals surface area (Å²) in [6, 6.07) is 0. The maximum Gasteiger partial charge on any atom is 0.450 e. The quantitative estimate of drug-likeness (QED) is 0.606. The van der Waals surface area contributed by atoms with Gasteiger partial charge in [0.05, 0.1) is 13.1 Å². The van der Waals surface area contributed by atoms with Gasteiger partial charge in [-0.05, 0) is 0 Å². The highest BCUT2D eigenvalue weighted by Crippen LogP contribution is 2.18. The third kappa shape index (κ3) is 10.8. The zero-order chi connectivity index (χ0) is 16.5. The Morgan fingerprint density at radius 2 is 1.60 bits per heavy atom.